The molecular formula is C26H28N2O7Se. The SMILES string of the molecule is CCOC(=O)C1=C(c2ccccc2)N(C(=O)OCC)C(C)=C(OC)C1(C[SeH])c1ccccc1[N+](=O)[O-]. The molecule has 1 aliphatic rings. The van der Waals surface area contributed by atoms with E-state index in [0.717, 1.165) is 0 Å². The predicted molar refractivity (Wildman–Crippen MR) is 135 cm³/mol. The van der Waals surface area contributed by atoms with Crippen molar-refractivity contribution in [1.29, 1.82) is 0 Å². The molecule has 1 heterocycles. The minimum atomic E-state index is -1.46. The summed E-state index contributed by atoms with van der Waals surface area (Å²) in [5.41, 5.74) is -0.269. The van der Waals surface area contributed by atoms with Crippen LogP contribution in [0.2, 0.25) is 5.32 Å². The number of esters is 1. The fourth-order valence-corrected chi connectivity index (χ4v) is 5.56. The van der Waals surface area contributed by atoms with Gasteiger partial charge >= 0.3 is 218 Å². The average Bonchev–Trinajstić information content (AvgIpc) is 2.88. The first kappa shape index (κ1) is 27.0. The zero-order valence-corrected chi connectivity index (χ0v) is 22.4. The molecular weight excluding hydrogens is 531 g/mol. The van der Waals surface area contributed by atoms with Crippen molar-refractivity contribution in [3.05, 3.63) is 92.9 Å². The molecule has 1 atom stereocenters. The molecule has 10 heteroatoms. The van der Waals surface area contributed by atoms with Crippen LogP contribution in [-0.2, 0) is 24.4 Å². The Labute approximate surface area is 217 Å². The quantitative estimate of drug-likeness (QED) is 0.203. The molecule has 1 amide bonds. The van der Waals surface area contributed by atoms with E-state index in [4.69, 9.17) is 14.2 Å². The Morgan fingerprint density at radius 3 is 2.19 bits per heavy atom. The number of amides is 1. The maximum atomic E-state index is 13.8. The molecule has 0 aromatic heterocycles. The molecule has 0 fully saturated rings. The Kier molecular flexibility index (Phi) is 8.55. The van der Waals surface area contributed by atoms with Crippen LogP contribution < -0.4 is 0 Å². The summed E-state index contributed by atoms with van der Waals surface area (Å²) in [4.78, 5) is 40.0. The van der Waals surface area contributed by atoms with E-state index in [1.807, 2.05) is 0 Å². The van der Waals surface area contributed by atoms with E-state index in [0.29, 0.717) is 11.3 Å². The van der Waals surface area contributed by atoms with Gasteiger partial charge in [0.25, 0.3) is 0 Å². The summed E-state index contributed by atoms with van der Waals surface area (Å²) < 4.78 is 16.7. The van der Waals surface area contributed by atoms with Gasteiger partial charge in [-0.1, -0.05) is 0 Å². The second kappa shape index (κ2) is 11.4. The van der Waals surface area contributed by atoms with Crippen LogP contribution in [0.15, 0.2) is 71.6 Å². The average molecular weight is 559 g/mol. The Bertz CT molecular complexity index is 1230. The Balaban J connectivity index is 2.60. The summed E-state index contributed by atoms with van der Waals surface area (Å²) >= 11 is 2.38. The van der Waals surface area contributed by atoms with E-state index >= 15 is 0 Å². The van der Waals surface area contributed by atoms with Gasteiger partial charge in [-0.2, -0.15) is 0 Å². The molecule has 1 unspecified atom stereocenters. The Hall–Kier alpha value is -3.62. The van der Waals surface area contributed by atoms with Gasteiger partial charge in [-0.25, -0.2) is 0 Å². The van der Waals surface area contributed by atoms with Crippen LogP contribution in [0.1, 0.15) is 31.9 Å². The first-order valence-corrected chi connectivity index (χ1v) is 12.7. The van der Waals surface area contributed by atoms with E-state index in [-0.39, 0.29) is 46.8 Å². The molecule has 1 aliphatic heterocycles. The van der Waals surface area contributed by atoms with Crippen molar-refractivity contribution in [2.24, 2.45) is 0 Å². The van der Waals surface area contributed by atoms with Crippen LogP contribution in [0.25, 0.3) is 5.70 Å². The van der Waals surface area contributed by atoms with Crippen molar-refractivity contribution < 1.29 is 28.7 Å². The monoisotopic (exact) mass is 560 g/mol. The van der Waals surface area contributed by atoms with E-state index in [1.54, 1.807) is 69.3 Å². The number of allylic oxidation sites excluding steroid dienone is 2. The van der Waals surface area contributed by atoms with Crippen molar-refractivity contribution >= 4 is 39.5 Å². The molecule has 0 saturated carbocycles. The van der Waals surface area contributed by atoms with Crippen LogP contribution >= 0.6 is 0 Å². The number of hydrogen-bond acceptors (Lipinski definition) is 7. The number of para-hydroxylation sites is 1. The van der Waals surface area contributed by atoms with Gasteiger partial charge in [0.15, 0.2) is 0 Å². The van der Waals surface area contributed by atoms with Gasteiger partial charge in [-0.3, -0.25) is 0 Å². The van der Waals surface area contributed by atoms with Gasteiger partial charge in [0.05, 0.1) is 0 Å². The fourth-order valence-electron chi connectivity index (χ4n) is 4.57. The van der Waals surface area contributed by atoms with Gasteiger partial charge in [0, 0.05) is 0 Å². The van der Waals surface area contributed by atoms with E-state index < -0.39 is 22.4 Å². The molecule has 190 valence electrons. The molecule has 0 radical (unpaired) electrons. The number of carbonyl (C=O) groups is 2. The van der Waals surface area contributed by atoms with Crippen LogP contribution in [0.3, 0.4) is 0 Å². The zero-order chi connectivity index (χ0) is 26.5. The van der Waals surface area contributed by atoms with Crippen molar-refractivity contribution in [2.75, 3.05) is 20.3 Å². The molecule has 9 nitrogen and oxygen atoms in total. The summed E-state index contributed by atoms with van der Waals surface area (Å²) in [6.07, 6.45) is -0.716. The Morgan fingerprint density at radius 1 is 1.03 bits per heavy atom. The number of methoxy groups -OCH3 is 1. The summed E-state index contributed by atoms with van der Waals surface area (Å²) in [6.45, 7) is 5.16. The van der Waals surface area contributed by atoms with Gasteiger partial charge in [-0.15, -0.1) is 0 Å². The van der Waals surface area contributed by atoms with Crippen molar-refractivity contribution in [3.8, 4) is 0 Å². The van der Waals surface area contributed by atoms with Crippen LogP contribution in [-0.4, -0.2) is 58.2 Å². The standard InChI is InChI=1S/C26H28N2O7Se/c1-5-34-24(29)21-22(18-12-8-7-9-13-18)27(25(30)35-6-2)17(3)23(33-4)26(21,16-36)19-14-10-11-15-20(19)28(31)32/h7-15,36H,5-6,16H2,1-4H3. The number of benzene rings is 2. The Morgan fingerprint density at radius 2 is 1.64 bits per heavy atom. The normalized spacial score (nSPS) is 17.6. The summed E-state index contributed by atoms with van der Waals surface area (Å²) in [5.74, 6) is -0.523. The molecule has 0 spiro atoms. The van der Waals surface area contributed by atoms with E-state index in [1.165, 1.54) is 18.1 Å². The molecule has 2 aromatic rings. The van der Waals surface area contributed by atoms with Crippen molar-refractivity contribution in [1.82, 2.24) is 4.90 Å². The van der Waals surface area contributed by atoms with Gasteiger partial charge < -0.3 is 0 Å². The molecule has 0 saturated heterocycles. The second-order valence-electron chi connectivity index (χ2n) is 7.80. The number of carbonyl (C=O) groups excluding carboxylic acids is 2. The summed E-state index contributed by atoms with van der Waals surface area (Å²) in [5, 5.41) is 12.3. The third-order valence-corrected chi connectivity index (χ3v) is 6.91. The van der Waals surface area contributed by atoms with E-state index in [2.05, 4.69) is 16.0 Å². The molecule has 0 bridgehead atoms. The van der Waals surface area contributed by atoms with Crippen LogP contribution in [0, 0.1) is 10.1 Å². The van der Waals surface area contributed by atoms with E-state index in [9.17, 15) is 19.7 Å². The molecule has 2 aromatic carbocycles. The summed E-state index contributed by atoms with van der Waals surface area (Å²) in [7, 11) is 1.41. The minimum absolute atomic E-state index is 0.0426. The number of nitrogens with zero attached hydrogens (tertiary/aromatic N) is 2. The van der Waals surface area contributed by atoms with Gasteiger partial charge in [-0.05, 0) is 0 Å². The molecule has 36 heavy (non-hydrogen) atoms. The number of nitro benzene ring substituents is 1. The topological polar surface area (TPSA) is 108 Å². The third-order valence-electron chi connectivity index (χ3n) is 5.92. The number of rotatable bonds is 8. The van der Waals surface area contributed by atoms with Crippen molar-refractivity contribution in [2.45, 2.75) is 31.5 Å². The zero-order valence-electron chi connectivity index (χ0n) is 20.5. The first-order valence-electron chi connectivity index (χ1n) is 11.3. The van der Waals surface area contributed by atoms with Crippen LogP contribution in [0.5, 0.6) is 0 Å². The fraction of sp³-hybridized carbons (Fsp3) is 0.308. The number of nitro groups is 1. The van der Waals surface area contributed by atoms with Crippen molar-refractivity contribution in [3.63, 3.8) is 0 Å². The number of hydrogen-bond donors (Lipinski definition) is 0. The second-order valence-corrected chi connectivity index (χ2v) is 8.46. The molecule has 0 aliphatic carbocycles. The number of ether oxygens (including phenoxy) is 3. The molecule has 0 N–H and O–H groups in total. The molecule has 3 rings (SSSR count). The van der Waals surface area contributed by atoms with Gasteiger partial charge in [0.2, 0.25) is 0 Å². The van der Waals surface area contributed by atoms with Crippen LogP contribution in [0.4, 0.5) is 10.5 Å². The third kappa shape index (κ3) is 4.49. The maximum absolute atomic E-state index is 13.8. The predicted octanol–water partition coefficient (Wildman–Crippen LogP) is 4.48. The first-order chi connectivity index (χ1) is 17.3. The van der Waals surface area contributed by atoms with Gasteiger partial charge in [0.1, 0.15) is 0 Å². The summed E-state index contributed by atoms with van der Waals surface area (Å²) in [6, 6.07) is 15.1.